The maximum absolute atomic E-state index is 10.8. The van der Waals surface area contributed by atoms with E-state index in [0.717, 1.165) is 6.08 Å². The Kier molecular flexibility index (Phi) is 11.8. The standard InChI is InChI=1S/C14H24O6/c1-5-13(15)19-8-7-16-11-14(17-6-2)20-10-9-18-12(3)4/h5-6,12,14H,1-2,7-11H2,3-4H3. The van der Waals surface area contributed by atoms with Crippen LogP contribution in [0.25, 0.3) is 0 Å². The summed E-state index contributed by atoms with van der Waals surface area (Å²) in [6.45, 7) is 12.1. The number of hydrogen-bond acceptors (Lipinski definition) is 6. The van der Waals surface area contributed by atoms with Crippen LogP contribution >= 0.6 is 0 Å². The Hall–Kier alpha value is -1.37. The Bertz CT molecular complexity index is 277. The van der Waals surface area contributed by atoms with Gasteiger partial charge in [0.2, 0.25) is 6.29 Å². The Morgan fingerprint density at radius 3 is 2.40 bits per heavy atom. The first-order valence-electron chi connectivity index (χ1n) is 6.46. The van der Waals surface area contributed by atoms with Crippen molar-refractivity contribution < 1.29 is 28.5 Å². The first-order valence-corrected chi connectivity index (χ1v) is 6.46. The van der Waals surface area contributed by atoms with Crippen LogP contribution in [0, 0.1) is 0 Å². The van der Waals surface area contributed by atoms with Gasteiger partial charge in [0.25, 0.3) is 0 Å². The fourth-order valence-corrected chi connectivity index (χ4v) is 1.14. The minimum absolute atomic E-state index is 0.155. The van der Waals surface area contributed by atoms with Crippen LogP contribution in [0.4, 0.5) is 0 Å². The molecule has 0 N–H and O–H groups in total. The molecule has 0 aromatic heterocycles. The van der Waals surface area contributed by atoms with Crippen molar-refractivity contribution in [2.75, 3.05) is 33.0 Å². The van der Waals surface area contributed by atoms with E-state index in [9.17, 15) is 4.79 Å². The molecule has 0 aliphatic heterocycles. The SMILES string of the molecule is C=COC(COCCOC(=O)C=C)OCCOC(C)C. The van der Waals surface area contributed by atoms with E-state index in [1.54, 1.807) is 0 Å². The van der Waals surface area contributed by atoms with E-state index in [0.29, 0.717) is 13.2 Å². The highest BCUT2D eigenvalue weighted by Crippen LogP contribution is 1.98. The van der Waals surface area contributed by atoms with E-state index in [2.05, 4.69) is 13.2 Å². The first kappa shape index (κ1) is 18.6. The van der Waals surface area contributed by atoms with E-state index < -0.39 is 12.3 Å². The van der Waals surface area contributed by atoms with Crippen molar-refractivity contribution in [1.82, 2.24) is 0 Å². The smallest absolute Gasteiger partial charge is 0.330 e. The highest BCUT2D eigenvalue weighted by Gasteiger charge is 2.09. The predicted molar refractivity (Wildman–Crippen MR) is 74.1 cm³/mol. The number of carbonyl (C=O) groups is 1. The van der Waals surface area contributed by atoms with Gasteiger partial charge in [0, 0.05) is 6.08 Å². The van der Waals surface area contributed by atoms with Gasteiger partial charge in [0.15, 0.2) is 0 Å². The molecule has 0 aromatic carbocycles. The van der Waals surface area contributed by atoms with Gasteiger partial charge in [-0.15, -0.1) is 0 Å². The molecule has 1 atom stereocenters. The van der Waals surface area contributed by atoms with Gasteiger partial charge in [0.1, 0.15) is 13.2 Å². The van der Waals surface area contributed by atoms with E-state index >= 15 is 0 Å². The van der Waals surface area contributed by atoms with E-state index in [4.69, 9.17) is 23.7 Å². The van der Waals surface area contributed by atoms with Crippen molar-refractivity contribution >= 4 is 5.97 Å². The van der Waals surface area contributed by atoms with Gasteiger partial charge >= 0.3 is 5.97 Å². The van der Waals surface area contributed by atoms with Gasteiger partial charge in [-0.25, -0.2) is 4.79 Å². The van der Waals surface area contributed by atoms with Crippen molar-refractivity contribution in [3.05, 3.63) is 25.5 Å². The van der Waals surface area contributed by atoms with Crippen LogP contribution in [0.5, 0.6) is 0 Å². The molecule has 0 aliphatic rings. The van der Waals surface area contributed by atoms with E-state index in [1.165, 1.54) is 6.26 Å². The maximum atomic E-state index is 10.8. The van der Waals surface area contributed by atoms with Crippen molar-refractivity contribution in [2.24, 2.45) is 0 Å². The fourth-order valence-electron chi connectivity index (χ4n) is 1.14. The average molecular weight is 288 g/mol. The lowest BCUT2D eigenvalue weighted by molar-refractivity contribution is -0.157. The summed E-state index contributed by atoms with van der Waals surface area (Å²) in [7, 11) is 0. The van der Waals surface area contributed by atoms with Crippen LogP contribution in [-0.4, -0.2) is 51.4 Å². The Balaban J connectivity index is 3.65. The summed E-state index contributed by atoms with van der Waals surface area (Å²) in [6.07, 6.45) is 1.99. The molecule has 0 aliphatic carbocycles. The predicted octanol–water partition coefficient (Wildman–Crippen LogP) is 1.66. The van der Waals surface area contributed by atoms with E-state index in [1.807, 2.05) is 13.8 Å². The zero-order valence-corrected chi connectivity index (χ0v) is 12.2. The lowest BCUT2D eigenvalue weighted by atomic mass is 10.5. The third kappa shape index (κ3) is 11.7. The highest BCUT2D eigenvalue weighted by atomic mass is 16.7. The van der Waals surface area contributed by atoms with Gasteiger partial charge in [-0.05, 0) is 13.8 Å². The molecule has 116 valence electrons. The number of esters is 1. The average Bonchev–Trinajstić information content (AvgIpc) is 2.42. The first-order chi connectivity index (χ1) is 9.60. The molecule has 0 fully saturated rings. The topological polar surface area (TPSA) is 63.2 Å². The van der Waals surface area contributed by atoms with Gasteiger partial charge in [-0.2, -0.15) is 0 Å². The molecule has 0 rings (SSSR count). The van der Waals surface area contributed by atoms with Crippen LogP contribution in [-0.2, 0) is 28.5 Å². The minimum atomic E-state index is -0.557. The third-order valence-electron chi connectivity index (χ3n) is 1.98. The molecule has 20 heavy (non-hydrogen) atoms. The molecule has 0 amide bonds. The van der Waals surface area contributed by atoms with Crippen LogP contribution in [0.1, 0.15) is 13.8 Å². The van der Waals surface area contributed by atoms with Gasteiger partial charge in [-0.3, -0.25) is 0 Å². The second kappa shape index (κ2) is 12.7. The van der Waals surface area contributed by atoms with Crippen LogP contribution in [0.15, 0.2) is 25.5 Å². The third-order valence-corrected chi connectivity index (χ3v) is 1.98. The summed E-state index contributed by atoms with van der Waals surface area (Å²) in [5.41, 5.74) is 0. The van der Waals surface area contributed by atoms with Gasteiger partial charge in [0.05, 0.1) is 32.2 Å². The molecule has 0 aromatic rings. The normalized spacial score (nSPS) is 11.9. The summed E-state index contributed by atoms with van der Waals surface area (Å²) in [5, 5.41) is 0. The summed E-state index contributed by atoms with van der Waals surface area (Å²) >= 11 is 0. The summed E-state index contributed by atoms with van der Waals surface area (Å²) < 4.78 is 25.9. The van der Waals surface area contributed by atoms with Crippen LogP contribution < -0.4 is 0 Å². The number of hydrogen-bond donors (Lipinski definition) is 0. The minimum Gasteiger partial charge on any atom is -0.471 e. The molecule has 0 radical (unpaired) electrons. The maximum Gasteiger partial charge on any atom is 0.330 e. The van der Waals surface area contributed by atoms with Crippen molar-refractivity contribution in [3.63, 3.8) is 0 Å². The molecule has 0 heterocycles. The molecule has 0 saturated carbocycles. The molecule has 6 heteroatoms. The summed E-state index contributed by atoms with van der Waals surface area (Å²) in [5.74, 6) is -0.477. The second-order valence-electron chi connectivity index (χ2n) is 3.97. The Morgan fingerprint density at radius 1 is 1.10 bits per heavy atom. The molecule has 0 saturated heterocycles. The van der Waals surface area contributed by atoms with E-state index in [-0.39, 0.29) is 25.9 Å². The fraction of sp³-hybridized carbons (Fsp3) is 0.643. The summed E-state index contributed by atoms with van der Waals surface area (Å²) in [6, 6.07) is 0. The lowest BCUT2D eigenvalue weighted by Gasteiger charge is -2.17. The van der Waals surface area contributed by atoms with Crippen LogP contribution in [0.3, 0.4) is 0 Å². The molecule has 6 nitrogen and oxygen atoms in total. The number of carbonyl (C=O) groups excluding carboxylic acids is 1. The highest BCUT2D eigenvalue weighted by molar-refractivity contribution is 5.81. The van der Waals surface area contributed by atoms with Crippen molar-refractivity contribution in [3.8, 4) is 0 Å². The Labute approximate surface area is 120 Å². The number of ether oxygens (including phenoxy) is 5. The van der Waals surface area contributed by atoms with Gasteiger partial charge in [-0.1, -0.05) is 13.2 Å². The molecular weight excluding hydrogens is 264 g/mol. The monoisotopic (exact) mass is 288 g/mol. The molecule has 0 spiro atoms. The van der Waals surface area contributed by atoms with Crippen molar-refractivity contribution in [1.29, 1.82) is 0 Å². The number of rotatable bonds is 13. The largest absolute Gasteiger partial charge is 0.471 e. The quantitative estimate of drug-likeness (QED) is 0.169. The van der Waals surface area contributed by atoms with Crippen LogP contribution in [0.2, 0.25) is 0 Å². The zero-order chi connectivity index (χ0) is 15.2. The lowest BCUT2D eigenvalue weighted by Crippen LogP contribution is -2.25. The molecule has 1 unspecified atom stereocenters. The van der Waals surface area contributed by atoms with Gasteiger partial charge < -0.3 is 23.7 Å². The second-order valence-corrected chi connectivity index (χ2v) is 3.97. The van der Waals surface area contributed by atoms with Crippen molar-refractivity contribution in [2.45, 2.75) is 26.2 Å². The molecule has 0 bridgehead atoms. The summed E-state index contributed by atoms with van der Waals surface area (Å²) in [4.78, 5) is 10.8. The Morgan fingerprint density at radius 2 is 1.80 bits per heavy atom. The molecular formula is C14H24O6. The zero-order valence-electron chi connectivity index (χ0n) is 12.2.